The lowest BCUT2D eigenvalue weighted by atomic mass is 9.88. The smallest absolute Gasteiger partial charge is 0.320 e. The molecule has 3 N–H and O–H groups in total. The van der Waals surface area contributed by atoms with Gasteiger partial charge in [0.1, 0.15) is 17.7 Å². The van der Waals surface area contributed by atoms with Crippen LogP contribution in [0.5, 0.6) is 0 Å². The van der Waals surface area contributed by atoms with Crippen molar-refractivity contribution >= 4 is 5.97 Å². The Morgan fingerprint density at radius 3 is 2.53 bits per heavy atom. The number of halogens is 4. The highest BCUT2D eigenvalue weighted by atomic mass is 19.2. The largest absolute Gasteiger partial charge is 0.480 e. The van der Waals surface area contributed by atoms with Gasteiger partial charge in [-0.3, -0.25) is 4.79 Å². The van der Waals surface area contributed by atoms with Gasteiger partial charge in [-0.05, 0) is 16.7 Å². The van der Waals surface area contributed by atoms with Crippen molar-refractivity contribution in [1.29, 1.82) is 0 Å². The molecule has 19 heavy (non-hydrogen) atoms. The number of rotatable bonds is 4. The summed E-state index contributed by atoms with van der Waals surface area (Å²) in [5.41, 5.74) is 9.82. The van der Waals surface area contributed by atoms with Gasteiger partial charge in [0.2, 0.25) is 0 Å². The van der Waals surface area contributed by atoms with Crippen LogP contribution < -0.4 is 5.73 Å². The van der Waals surface area contributed by atoms with E-state index in [4.69, 9.17) is 16.4 Å². The number of hydrogen-bond donors (Lipinski definition) is 2. The number of nitrogens with two attached hydrogens (primary N) is 1. The van der Waals surface area contributed by atoms with Crippen molar-refractivity contribution in [2.75, 3.05) is 0 Å². The molecule has 0 amide bonds. The molecular formula is C9H8F4N4O2. The molecule has 10 heteroatoms. The summed E-state index contributed by atoms with van der Waals surface area (Å²) in [7, 11) is 0. The van der Waals surface area contributed by atoms with Crippen molar-refractivity contribution in [1.82, 2.24) is 0 Å². The van der Waals surface area contributed by atoms with E-state index in [1.165, 1.54) is 0 Å². The van der Waals surface area contributed by atoms with E-state index in [1.807, 2.05) is 4.91 Å². The van der Waals surface area contributed by atoms with Crippen molar-refractivity contribution in [3.05, 3.63) is 34.2 Å². The highest BCUT2D eigenvalue weighted by Crippen LogP contribution is 2.42. The average Bonchev–Trinajstić information content (AvgIpc) is 2.26. The van der Waals surface area contributed by atoms with Crippen molar-refractivity contribution in [3.63, 3.8) is 0 Å². The maximum Gasteiger partial charge on any atom is 0.320 e. The molecule has 0 aromatic carbocycles. The van der Waals surface area contributed by atoms with E-state index in [1.54, 1.807) is 0 Å². The van der Waals surface area contributed by atoms with Gasteiger partial charge >= 0.3 is 5.97 Å². The first-order valence-electron chi connectivity index (χ1n) is 4.85. The Kier molecular flexibility index (Phi) is 3.87. The lowest BCUT2D eigenvalue weighted by Crippen LogP contribution is -2.41. The number of carboxylic acid groups (broad SMARTS) is 1. The second-order valence-corrected chi connectivity index (χ2v) is 3.86. The molecule has 3 atom stereocenters. The third kappa shape index (κ3) is 2.85. The van der Waals surface area contributed by atoms with Crippen molar-refractivity contribution in [3.8, 4) is 0 Å². The fourth-order valence-electron chi connectivity index (χ4n) is 1.43. The number of aliphatic carboxylic acids is 1. The molecule has 2 unspecified atom stereocenters. The summed E-state index contributed by atoms with van der Waals surface area (Å²) in [6, 6.07) is -1.82. The molecule has 0 spiro atoms. The molecule has 0 aromatic rings. The van der Waals surface area contributed by atoms with E-state index >= 15 is 0 Å². The highest BCUT2D eigenvalue weighted by molar-refractivity contribution is 5.73. The summed E-state index contributed by atoms with van der Waals surface area (Å²) < 4.78 is 54.3. The first-order chi connectivity index (χ1) is 8.64. The zero-order valence-electron chi connectivity index (χ0n) is 9.23. The van der Waals surface area contributed by atoms with E-state index in [0.29, 0.717) is 0 Å². The summed E-state index contributed by atoms with van der Waals surface area (Å²) in [6.45, 7) is 0. The second kappa shape index (κ2) is 4.90. The maximum atomic E-state index is 14.0. The molecule has 0 saturated heterocycles. The van der Waals surface area contributed by atoms with Crippen molar-refractivity contribution in [2.45, 2.75) is 23.9 Å². The van der Waals surface area contributed by atoms with Crippen molar-refractivity contribution < 1.29 is 27.5 Å². The molecule has 0 heterocycles. The van der Waals surface area contributed by atoms with Gasteiger partial charge in [0.25, 0.3) is 5.79 Å². The monoisotopic (exact) mass is 280 g/mol. The summed E-state index contributed by atoms with van der Waals surface area (Å²) >= 11 is 0. The Labute approximate surface area is 103 Å². The molecule has 0 aromatic heterocycles. The number of carbonyl (C=O) groups is 1. The minimum Gasteiger partial charge on any atom is -0.480 e. The minimum atomic E-state index is -3.47. The maximum absolute atomic E-state index is 14.0. The lowest BCUT2D eigenvalue weighted by Gasteiger charge is -2.28. The van der Waals surface area contributed by atoms with E-state index < -0.39 is 41.5 Å². The summed E-state index contributed by atoms with van der Waals surface area (Å²) in [4.78, 5) is 12.4. The van der Waals surface area contributed by atoms with Crippen LogP contribution in [0.25, 0.3) is 10.4 Å². The van der Waals surface area contributed by atoms with Gasteiger partial charge in [0.05, 0.1) is 0 Å². The van der Waals surface area contributed by atoms with Crippen LogP contribution in [0.2, 0.25) is 0 Å². The third-order valence-electron chi connectivity index (χ3n) is 2.43. The van der Waals surface area contributed by atoms with E-state index in [9.17, 15) is 22.4 Å². The molecular weight excluding hydrogens is 272 g/mol. The van der Waals surface area contributed by atoms with E-state index in [2.05, 4.69) is 5.11 Å². The topological polar surface area (TPSA) is 112 Å². The number of hydrogen-bond acceptors (Lipinski definition) is 3. The van der Waals surface area contributed by atoms with Gasteiger partial charge in [-0.1, -0.05) is 0 Å². The van der Waals surface area contributed by atoms with Crippen LogP contribution in [0.15, 0.2) is 28.9 Å². The number of alkyl halides is 2. The zero-order chi connectivity index (χ0) is 14.8. The SMILES string of the molecule is [N-]=[N+]=NC1(F)C=C(F)C(F)(C[C@H](N)C(=O)O)C=C1F. The zero-order valence-corrected chi connectivity index (χ0v) is 9.23. The van der Waals surface area contributed by atoms with Crippen LogP contribution in [0.1, 0.15) is 6.42 Å². The highest BCUT2D eigenvalue weighted by Gasteiger charge is 2.47. The Morgan fingerprint density at radius 1 is 1.47 bits per heavy atom. The van der Waals surface area contributed by atoms with Crippen LogP contribution in [-0.4, -0.2) is 28.6 Å². The van der Waals surface area contributed by atoms with Gasteiger partial charge in [-0.2, -0.15) is 0 Å². The molecule has 104 valence electrons. The number of azide groups is 1. The van der Waals surface area contributed by atoms with Gasteiger partial charge in [0, 0.05) is 17.4 Å². The van der Waals surface area contributed by atoms with Gasteiger partial charge < -0.3 is 10.8 Å². The first-order valence-corrected chi connectivity index (χ1v) is 4.85. The minimum absolute atomic E-state index is 0.125. The van der Waals surface area contributed by atoms with Crippen LogP contribution in [-0.2, 0) is 4.79 Å². The Hall–Kier alpha value is -2.06. The lowest BCUT2D eigenvalue weighted by molar-refractivity contribution is -0.139. The molecule has 1 rings (SSSR count). The predicted octanol–water partition coefficient (Wildman–Crippen LogP) is 2.19. The third-order valence-corrected chi connectivity index (χ3v) is 2.43. The molecule has 1 aliphatic carbocycles. The second-order valence-electron chi connectivity index (χ2n) is 3.86. The van der Waals surface area contributed by atoms with E-state index in [-0.39, 0.29) is 12.2 Å². The molecule has 0 saturated carbocycles. The molecule has 0 bridgehead atoms. The summed E-state index contributed by atoms with van der Waals surface area (Å²) in [6.07, 6.45) is -1.46. The normalized spacial score (nSPS) is 31.8. The average molecular weight is 280 g/mol. The van der Waals surface area contributed by atoms with Gasteiger partial charge in [0.15, 0.2) is 5.67 Å². The van der Waals surface area contributed by atoms with Crippen LogP contribution >= 0.6 is 0 Å². The Morgan fingerprint density at radius 2 is 2.05 bits per heavy atom. The Bertz CT molecular complexity index is 516. The predicted molar refractivity (Wildman–Crippen MR) is 55.4 cm³/mol. The molecule has 0 radical (unpaired) electrons. The van der Waals surface area contributed by atoms with Gasteiger partial charge in [-0.25, -0.2) is 17.6 Å². The first kappa shape index (κ1) is 15.0. The van der Waals surface area contributed by atoms with Crippen LogP contribution in [0, 0.1) is 0 Å². The Balaban J connectivity index is 3.15. The fourth-order valence-corrected chi connectivity index (χ4v) is 1.43. The van der Waals surface area contributed by atoms with Crippen molar-refractivity contribution in [2.24, 2.45) is 10.8 Å². The van der Waals surface area contributed by atoms with E-state index in [0.717, 1.165) is 0 Å². The quantitative estimate of drug-likeness (QED) is 0.270. The summed E-state index contributed by atoms with van der Waals surface area (Å²) in [5.74, 6) is -8.81. The fraction of sp³-hybridized carbons (Fsp3) is 0.444. The summed E-state index contributed by atoms with van der Waals surface area (Å²) in [5, 5.41) is 10.8. The number of carboxylic acids is 1. The molecule has 0 aliphatic heterocycles. The van der Waals surface area contributed by atoms with Crippen LogP contribution in [0.4, 0.5) is 17.6 Å². The van der Waals surface area contributed by atoms with Crippen LogP contribution in [0.3, 0.4) is 0 Å². The standard InChI is InChI=1S/C9H8F4N4O2/c10-5-3-9(13,16-17-15)6(11)2-8(5,12)1-4(14)7(18)19/h2-4H,1,14H2,(H,18,19)/t4-,8?,9?/m0/s1. The molecule has 6 nitrogen and oxygen atoms in total. The number of nitrogens with zero attached hydrogens (tertiary/aromatic N) is 3. The number of allylic oxidation sites excluding steroid dienone is 2. The molecule has 0 fully saturated rings. The van der Waals surface area contributed by atoms with Gasteiger partial charge in [-0.15, -0.1) is 0 Å². The molecule has 1 aliphatic rings.